The van der Waals surface area contributed by atoms with Crippen molar-refractivity contribution in [2.45, 2.75) is 25.7 Å². The fourth-order valence-corrected chi connectivity index (χ4v) is 3.53. The van der Waals surface area contributed by atoms with E-state index in [1.807, 2.05) is 0 Å². The maximum absolute atomic E-state index is 12.3. The number of carbonyl (C=O) groups excluding carboxylic acids is 1. The largest absolute Gasteiger partial charge is 0.364 e. The van der Waals surface area contributed by atoms with E-state index in [0.717, 1.165) is 25.7 Å². The van der Waals surface area contributed by atoms with E-state index < -0.39 is 16.1 Å². The average Bonchev–Trinajstić information content (AvgIpc) is 2.59. The van der Waals surface area contributed by atoms with Crippen molar-refractivity contribution in [3.05, 3.63) is 11.9 Å². The topological polar surface area (TPSA) is 110 Å². The lowest BCUT2D eigenvalue weighted by Crippen LogP contribution is -2.36. The zero-order valence-electron chi connectivity index (χ0n) is 11.4. The Kier molecular flexibility index (Phi) is 4.29. The summed E-state index contributed by atoms with van der Waals surface area (Å²) in [7, 11) is -2.09. The molecular weight excluding hydrogens is 282 g/mol. The molecule has 20 heavy (non-hydrogen) atoms. The van der Waals surface area contributed by atoms with Crippen LogP contribution in [0.25, 0.3) is 0 Å². The Labute approximate surface area is 118 Å². The first kappa shape index (κ1) is 14.8. The van der Waals surface area contributed by atoms with E-state index in [2.05, 4.69) is 9.82 Å². The summed E-state index contributed by atoms with van der Waals surface area (Å²) in [6, 6.07) is 0. The van der Waals surface area contributed by atoms with Crippen molar-refractivity contribution in [3.63, 3.8) is 0 Å². The van der Waals surface area contributed by atoms with E-state index in [0.29, 0.717) is 13.1 Å². The molecule has 0 unspecified atom stereocenters. The van der Waals surface area contributed by atoms with Gasteiger partial charge in [0.15, 0.2) is 5.69 Å². The standard InChI is InChI=1S/C11H19N5O3S/c1-15-8-9(10(13-15)11(12)17)14-20(18,19)16-6-4-2-3-5-7-16/h8,14H,2-7H2,1H3,(H2,12,17). The first-order valence-electron chi connectivity index (χ1n) is 6.51. The summed E-state index contributed by atoms with van der Waals surface area (Å²) in [5.74, 6) is -0.765. The van der Waals surface area contributed by atoms with Crippen molar-refractivity contribution in [1.29, 1.82) is 0 Å². The molecule has 2 rings (SSSR count). The Morgan fingerprint density at radius 1 is 1.30 bits per heavy atom. The van der Waals surface area contributed by atoms with E-state index in [1.54, 1.807) is 7.05 Å². The Morgan fingerprint density at radius 3 is 2.45 bits per heavy atom. The summed E-state index contributed by atoms with van der Waals surface area (Å²) in [4.78, 5) is 11.3. The van der Waals surface area contributed by atoms with Crippen LogP contribution in [0.1, 0.15) is 36.2 Å². The van der Waals surface area contributed by atoms with Crippen LogP contribution in [0, 0.1) is 0 Å². The molecule has 2 heterocycles. The fraction of sp³-hybridized carbons (Fsp3) is 0.636. The minimum atomic E-state index is -3.68. The number of primary amides is 1. The van der Waals surface area contributed by atoms with Gasteiger partial charge in [-0.3, -0.25) is 14.2 Å². The van der Waals surface area contributed by atoms with Crippen molar-refractivity contribution in [3.8, 4) is 0 Å². The van der Waals surface area contributed by atoms with Crippen LogP contribution in [0.15, 0.2) is 6.20 Å². The van der Waals surface area contributed by atoms with Crippen LogP contribution in [-0.4, -0.2) is 41.5 Å². The molecule has 0 radical (unpaired) electrons. The highest BCUT2D eigenvalue weighted by atomic mass is 32.2. The number of hydrogen-bond donors (Lipinski definition) is 2. The fourth-order valence-electron chi connectivity index (χ4n) is 2.23. The number of carbonyl (C=O) groups is 1. The van der Waals surface area contributed by atoms with Gasteiger partial charge in [-0.1, -0.05) is 12.8 Å². The second kappa shape index (κ2) is 5.80. The smallest absolute Gasteiger partial charge is 0.301 e. The van der Waals surface area contributed by atoms with Crippen LogP contribution in [0.5, 0.6) is 0 Å². The monoisotopic (exact) mass is 301 g/mol. The SMILES string of the molecule is Cn1cc(NS(=O)(=O)N2CCCCCC2)c(C(N)=O)n1. The molecule has 1 aliphatic rings. The molecule has 0 saturated carbocycles. The molecule has 1 fully saturated rings. The Hall–Kier alpha value is -1.61. The van der Waals surface area contributed by atoms with Crippen molar-refractivity contribution < 1.29 is 13.2 Å². The molecule has 9 heteroatoms. The van der Waals surface area contributed by atoms with Crippen LogP contribution >= 0.6 is 0 Å². The number of anilines is 1. The summed E-state index contributed by atoms with van der Waals surface area (Å²) < 4.78 is 29.8. The molecule has 1 aromatic heterocycles. The molecule has 0 spiro atoms. The number of nitrogens with two attached hydrogens (primary N) is 1. The Bertz CT molecular complexity index is 587. The molecule has 1 aliphatic heterocycles. The third kappa shape index (κ3) is 3.28. The zero-order valence-corrected chi connectivity index (χ0v) is 12.2. The van der Waals surface area contributed by atoms with Crippen molar-refractivity contribution in [2.24, 2.45) is 12.8 Å². The summed E-state index contributed by atoms with van der Waals surface area (Å²) in [5.41, 5.74) is 5.22. The number of hydrogen-bond acceptors (Lipinski definition) is 4. The molecular formula is C11H19N5O3S. The highest BCUT2D eigenvalue weighted by molar-refractivity contribution is 7.90. The summed E-state index contributed by atoms with van der Waals surface area (Å²) >= 11 is 0. The average molecular weight is 301 g/mol. The second-order valence-electron chi connectivity index (χ2n) is 4.85. The molecule has 8 nitrogen and oxygen atoms in total. The number of amides is 1. The van der Waals surface area contributed by atoms with Gasteiger partial charge in [0.1, 0.15) is 5.69 Å². The number of nitrogens with zero attached hydrogens (tertiary/aromatic N) is 3. The third-order valence-corrected chi connectivity index (χ3v) is 4.73. The van der Waals surface area contributed by atoms with E-state index in [1.165, 1.54) is 15.2 Å². The first-order chi connectivity index (χ1) is 9.40. The number of aryl methyl sites for hydroxylation is 1. The summed E-state index contributed by atoms with van der Waals surface area (Å²) in [6.07, 6.45) is 5.18. The van der Waals surface area contributed by atoms with Crippen molar-refractivity contribution in [2.75, 3.05) is 17.8 Å². The van der Waals surface area contributed by atoms with E-state index in [4.69, 9.17) is 5.73 Å². The molecule has 0 aliphatic carbocycles. The van der Waals surface area contributed by atoms with Gasteiger partial charge >= 0.3 is 10.2 Å². The summed E-state index contributed by atoms with van der Waals surface area (Å²) in [5, 5.41) is 3.85. The molecule has 0 bridgehead atoms. The van der Waals surface area contributed by atoms with Crippen molar-refractivity contribution in [1.82, 2.24) is 14.1 Å². The molecule has 112 valence electrons. The Morgan fingerprint density at radius 2 is 1.90 bits per heavy atom. The lowest BCUT2D eigenvalue weighted by Gasteiger charge is -2.20. The van der Waals surface area contributed by atoms with Gasteiger partial charge in [-0.15, -0.1) is 0 Å². The van der Waals surface area contributed by atoms with Crippen LogP contribution in [0.4, 0.5) is 5.69 Å². The van der Waals surface area contributed by atoms with Gasteiger partial charge in [-0.2, -0.15) is 17.8 Å². The highest BCUT2D eigenvalue weighted by Gasteiger charge is 2.25. The number of aromatic nitrogens is 2. The molecule has 3 N–H and O–H groups in total. The maximum Gasteiger partial charge on any atom is 0.301 e. The lowest BCUT2D eigenvalue weighted by atomic mass is 10.2. The molecule has 1 aromatic rings. The van der Waals surface area contributed by atoms with Gasteiger partial charge in [-0.25, -0.2) is 0 Å². The van der Waals surface area contributed by atoms with Crippen LogP contribution < -0.4 is 10.5 Å². The first-order valence-corrected chi connectivity index (χ1v) is 7.95. The van der Waals surface area contributed by atoms with Gasteiger partial charge in [-0.05, 0) is 12.8 Å². The molecule has 1 amide bonds. The quantitative estimate of drug-likeness (QED) is 0.818. The highest BCUT2D eigenvalue weighted by Crippen LogP contribution is 2.18. The predicted molar refractivity (Wildman–Crippen MR) is 74.3 cm³/mol. The predicted octanol–water partition coefficient (Wildman–Crippen LogP) is 0.0517. The zero-order chi connectivity index (χ0) is 14.8. The normalized spacial score (nSPS) is 17.6. The lowest BCUT2D eigenvalue weighted by molar-refractivity contribution is 0.0995. The van der Waals surface area contributed by atoms with Gasteiger partial charge in [0.25, 0.3) is 5.91 Å². The second-order valence-corrected chi connectivity index (χ2v) is 6.52. The Balaban J connectivity index is 2.21. The maximum atomic E-state index is 12.3. The number of rotatable bonds is 4. The van der Waals surface area contributed by atoms with E-state index in [-0.39, 0.29) is 11.4 Å². The van der Waals surface area contributed by atoms with Gasteiger partial charge in [0, 0.05) is 26.3 Å². The van der Waals surface area contributed by atoms with Crippen molar-refractivity contribution >= 4 is 21.8 Å². The van der Waals surface area contributed by atoms with Crippen LogP contribution in [-0.2, 0) is 17.3 Å². The van der Waals surface area contributed by atoms with E-state index in [9.17, 15) is 13.2 Å². The minimum Gasteiger partial charge on any atom is -0.364 e. The molecule has 0 aromatic carbocycles. The molecule has 1 saturated heterocycles. The number of nitrogens with one attached hydrogen (secondary N) is 1. The van der Waals surface area contributed by atoms with E-state index >= 15 is 0 Å². The summed E-state index contributed by atoms with van der Waals surface area (Å²) in [6.45, 7) is 0.975. The molecule has 0 atom stereocenters. The third-order valence-electron chi connectivity index (χ3n) is 3.21. The van der Waals surface area contributed by atoms with Gasteiger partial charge < -0.3 is 5.73 Å². The van der Waals surface area contributed by atoms with Crippen LogP contribution in [0.2, 0.25) is 0 Å². The van der Waals surface area contributed by atoms with Gasteiger partial charge in [0.2, 0.25) is 0 Å². The van der Waals surface area contributed by atoms with Gasteiger partial charge in [0.05, 0.1) is 0 Å². The minimum absolute atomic E-state index is 0.0779. The van der Waals surface area contributed by atoms with Crippen LogP contribution in [0.3, 0.4) is 0 Å².